The van der Waals surface area contributed by atoms with E-state index in [0.29, 0.717) is 29.2 Å². The number of aromatic nitrogens is 4. The molecule has 3 aromatic rings. The van der Waals surface area contributed by atoms with Gasteiger partial charge in [-0.25, -0.2) is 0 Å². The van der Waals surface area contributed by atoms with Crippen LogP contribution in [-0.2, 0) is 16.1 Å². The predicted molar refractivity (Wildman–Crippen MR) is 115 cm³/mol. The Morgan fingerprint density at radius 3 is 2.87 bits per heavy atom. The minimum atomic E-state index is -0.208. The zero-order valence-electron chi connectivity index (χ0n) is 16.9. The molecule has 0 spiro atoms. The summed E-state index contributed by atoms with van der Waals surface area (Å²) in [7, 11) is 0. The number of ether oxygens (including phenoxy) is 1. The highest BCUT2D eigenvalue weighted by molar-refractivity contribution is 7.12. The molecule has 1 saturated heterocycles. The lowest BCUT2D eigenvalue weighted by Gasteiger charge is -2.26. The number of nitrogens with zero attached hydrogens (tertiary/aromatic N) is 5. The fourth-order valence-corrected chi connectivity index (χ4v) is 4.05. The minimum Gasteiger partial charge on any atom is -0.379 e. The van der Waals surface area contributed by atoms with E-state index >= 15 is 0 Å². The molecule has 1 aromatic carbocycles. The Morgan fingerprint density at radius 1 is 1.19 bits per heavy atom. The fourth-order valence-electron chi connectivity index (χ4n) is 3.25. The van der Waals surface area contributed by atoms with Crippen molar-refractivity contribution in [2.45, 2.75) is 13.0 Å². The lowest BCUT2D eigenvalue weighted by Crippen LogP contribution is -2.38. The summed E-state index contributed by atoms with van der Waals surface area (Å²) in [5.74, 6) is -0.238. The Labute approximate surface area is 183 Å². The van der Waals surface area contributed by atoms with Crippen LogP contribution in [0.25, 0.3) is 5.69 Å². The van der Waals surface area contributed by atoms with Crippen molar-refractivity contribution in [1.29, 1.82) is 0 Å². The molecule has 0 radical (unpaired) electrons. The van der Waals surface area contributed by atoms with E-state index in [1.165, 1.54) is 22.3 Å². The average Bonchev–Trinajstić information content (AvgIpc) is 3.49. The van der Waals surface area contributed by atoms with E-state index in [2.05, 4.69) is 31.1 Å². The minimum absolute atomic E-state index is 0.0302. The molecule has 2 N–H and O–H groups in total. The highest BCUT2D eigenvalue weighted by Crippen LogP contribution is 2.20. The van der Waals surface area contributed by atoms with E-state index in [-0.39, 0.29) is 11.8 Å². The number of anilines is 1. The van der Waals surface area contributed by atoms with E-state index < -0.39 is 0 Å². The number of thiophene rings is 1. The second-order valence-electron chi connectivity index (χ2n) is 7.02. The fraction of sp³-hybridized carbons (Fsp3) is 0.350. The van der Waals surface area contributed by atoms with Crippen molar-refractivity contribution < 1.29 is 14.3 Å². The Kier molecular flexibility index (Phi) is 6.97. The molecule has 11 heteroatoms. The molecule has 31 heavy (non-hydrogen) atoms. The van der Waals surface area contributed by atoms with Crippen LogP contribution < -0.4 is 10.6 Å². The molecule has 0 atom stereocenters. The Hall–Kier alpha value is -3.15. The zero-order valence-corrected chi connectivity index (χ0v) is 17.7. The summed E-state index contributed by atoms with van der Waals surface area (Å²) in [6, 6.07) is 9.26. The summed E-state index contributed by atoms with van der Waals surface area (Å²) >= 11 is 1.32. The lowest BCUT2D eigenvalue weighted by molar-refractivity contribution is -0.116. The summed E-state index contributed by atoms with van der Waals surface area (Å²) in [5.41, 5.74) is 2.23. The molecule has 4 rings (SSSR count). The van der Waals surface area contributed by atoms with E-state index in [0.717, 1.165) is 38.4 Å². The summed E-state index contributed by atoms with van der Waals surface area (Å²) < 4.78 is 6.78. The van der Waals surface area contributed by atoms with Gasteiger partial charge in [-0.2, -0.15) is 4.68 Å². The maximum absolute atomic E-state index is 12.6. The van der Waals surface area contributed by atoms with Gasteiger partial charge in [0.25, 0.3) is 5.91 Å². The highest BCUT2D eigenvalue weighted by Gasteiger charge is 2.16. The topological polar surface area (TPSA) is 114 Å². The first-order valence-corrected chi connectivity index (χ1v) is 10.8. The van der Waals surface area contributed by atoms with Gasteiger partial charge < -0.3 is 15.4 Å². The van der Waals surface area contributed by atoms with Crippen LogP contribution in [0.15, 0.2) is 42.0 Å². The number of amides is 2. The molecule has 10 nitrogen and oxygen atoms in total. The van der Waals surface area contributed by atoms with Crippen LogP contribution in [-0.4, -0.2) is 69.8 Å². The summed E-state index contributed by atoms with van der Waals surface area (Å²) in [6.45, 7) is 4.22. The molecular weight excluding hydrogens is 418 g/mol. The molecule has 0 bridgehead atoms. The van der Waals surface area contributed by atoms with Gasteiger partial charge in [-0.1, -0.05) is 12.1 Å². The van der Waals surface area contributed by atoms with Gasteiger partial charge in [-0.05, 0) is 39.6 Å². The van der Waals surface area contributed by atoms with Crippen LogP contribution in [0, 0.1) is 0 Å². The molecule has 1 fully saturated rings. The maximum Gasteiger partial charge on any atom is 0.263 e. The normalized spacial score (nSPS) is 14.3. The Morgan fingerprint density at radius 2 is 2.06 bits per heavy atom. The van der Waals surface area contributed by atoms with Crippen LogP contribution in [0.4, 0.5) is 5.69 Å². The van der Waals surface area contributed by atoms with Crippen LogP contribution in [0.1, 0.15) is 21.7 Å². The first kappa shape index (κ1) is 21.1. The van der Waals surface area contributed by atoms with Crippen molar-refractivity contribution in [2.24, 2.45) is 0 Å². The zero-order chi connectivity index (χ0) is 21.5. The first-order chi connectivity index (χ1) is 15.2. The molecule has 0 aliphatic carbocycles. The van der Waals surface area contributed by atoms with Gasteiger partial charge in [-0.3, -0.25) is 14.5 Å². The van der Waals surface area contributed by atoms with E-state index in [4.69, 9.17) is 4.74 Å². The number of carbonyl (C=O) groups excluding carboxylic acids is 2. The van der Waals surface area contributed by atoms with Crippen molar-refractivity contribution in [3.8, 4) is 5.69 Å². The van der Waals surface area contributed by atoms with E-state index in [9.17, 15) is 9.59 Å². The number of tetrazole rings is 1. The second kappa shape index (κ2) is 10.2. The summed E-state index contributed by atoms with van der Waals surface area (Å²) in [4.78, 5) is 27.7. The number of benzene rings is 1. The number of hydrogen-bond acceptors (Lipinski definition) is 8. The van der Waals surface area contributed by atoms with Crippen molar-refractivity contribution >= 4 is 28.8 Å². The molecule has 162 valence electrons. The van der Waals surface area contributed by atoms with Crippen LogP contribution in [0.2, 0.25) is 0 Å². The molecule has 1 aliphatic rings. The van der Waals surface area contributed by atoms with Crippen LogP contribution in [0.3, 0.4) is 0 Å². The number of morpholine rings is 1. The third-order valence-electron chi connectivity index (χ3n) is 4.87. The second-order valence-corrected chi connectivity index (χ2v) is 7.94. The molecule has 0 unspecified atom stereocenters. The number of hydrogen-bond donors (Lipinski definition) is 2. The van der Waals surface area contributed by atoms with Gasteiger partial charge in [0.2, 0.25) is 5.91 Å². The molecule has 2 aromatic heterocycles. The van der Waals surface area contributed by atoms with Gasteiger partial charge in [0.1, 0.15) is 11.2 Å². The van der Waals surface area contributed by atoms with Gasteiger partial charge in [0, 0.05) is 38.3 Å². The molecular formula is C20H23N7O3S. The Bertz CT molecular complexity index is 1020. The highest BCUT2D eigenvalue weighted by atomic mass is 32.1. The predicted octanol–water partition coefficient (Wildman–Crippen LogP) is 1.31. The van der Waals surface area contributed by atoms with Crippen LogP contribution in [0.5, 0.6) is 0 Å². The molecule has 2 amide bonds. The van der Waals surface area contributed by atoms with Crippen molar-refractivity contribution in [3.05, 3.63) is 52.5 Å². The van der Waals surface area contributed by atoms with Crippen molar-refractivity contribution in [1.82, 2.24) is 30.4 Å². The number of nitrogens with one attached hydrogen (secondary N) is 2. The maximum atomic E-state index is 12.6. The quantitative estimate of drug-likeness (QED) is 0.542. The van der Waals surface area contributed by atoms with Crippen molar-refractivity contribution in [3.63, 3.8) is 0 Å². The van der Waals surface area contributed by atoms with Gasteiger partial charge in [0.15, 0.2) is 0 Å². The number of rotatable bonds is 8. The number of carbonyl (C=O) groups is 2. The summed E-state index contributed by atoms with van der Waals surface area (Å²) in [5, 5.41) is 18.7. The lowest BCUT2D eigenvalue weighted by atomic mass is 10.2. The molecule has 1 aliphatic heterocycles. The van der Waals surface area contributed by atoms with Gasteiger partial charge in [-0.15, -0.1) is 16.4 Å². The molecule has 3 heterocycles. The summed E-state index contributed by atoms with van der Waals surface area (Å²) in [6.07, 6.45) is 1.88. The smallest absolute Gasteiger partial charge is 0.263 e. The first-order valence-electron chi connectivity index (χ1n) is 9.97. The third kappa shape index (κ3) is 5.72. The average molecular weight is 442 g/mol. The van der Waals surface area contributed by atoms with E-state index in [1.807, 2.05) is 29.6 Å². The van der Waals surface area contributed by atoms with Gasteiger partial charge >= 0.3 is 0 Å². The third-order valence-corrected chi connectivity index (χ3v) is 5.77. The van der Waals surface area contributed by atoms with Crippen LogP contribution >= 0.6 is 11.3 Å². The molecule has 0 saturated carbocycles. The van der Waals surface area contributed by atoms with Crippen molar-refractivity contribution in [2.75, 3.05) is 38.2 Å². The monoisotopic (exact) mass is 441 g/mol. The Balaban J connectivity index is 1.29. The van der Waals surface area contributed by atoms with Gasteiger partial charge in [0.05, 0.1) is 18.9 Å². The largest absolute Gasteiger partial charge is 0.379 e. The standard InChI is InChI=1S/C20H23N7O3S/c28-18(4-6-26-7-9-30-10-8-26)23-16-3-1-2-15(12-16)13-21-20(29)19-17(5-11-31-19)27-14-22-24-25-27/h1-3,5,11-12,14H,4,6-10,13H2,(H,21,29)(H,23,28). The van der Waals surface area contributed by atoms with E-state index in [1.54, 1.807) is 6.07 Å². The SMILES string of the molecule is O=C(CCN1CCOCC1)Nc1cccc(CNC(=O)c2sccc2-n2cnnn2)c1.